The number of hydrogen-bond donors (Lipinski definition) is 6. The van der Waals surface area contributed by atoms with Gasteiger partial charge < -0.3 is 29.4 Å². The van der Waals surface area contributed by atoms with Gasteiger partial charge in [-0.2, -0.15) is 12.9 Å². The van der Waals surface area contributed by atoms with Crippen LogP contribution in [0.2, 0.25) is 0 Å². The molecule has 0 spiro atoms. The molecule has 0 amide bonds. The fourth-order valence-electron chi connectivity index (χ4n) is 0.429. The van der Waals surface area contributed by atoms with Gasteiger partial charge in [-0.1, -0.05) is 0 Å². The summed E-state index contributed by atoms with van der Waals surface area (Å²) in [4.78, 5) is 49.4. The molecule has 0 saturated heterocycles. The second kappa shape index (κ2) is 8.25. The Kier molecular flexibility index (Phi) is 11.1. The molecule has 0 aromatic rings. The monoisotopic (exact) mass is 454 g/mol. The third-order valence-corrected chi connectivity index (χ3v) is 5.63. The summed E-state index contributed by atoms with van der Waals surface area (Å²) >= 11 is 0. The van der Waals surface area contributed by atoms with Crippen molar-refractivity contribution in [3.8, 4) is 0 Å². The van der Waals surface area contributed by atoms with Crippen LogP contribution in [0.3, 0.4) is 0 Å². The Morgan fingerprint density at radius 3 is 0.895 bits per heavy atom. The molecule has 13 nitrogen and oxygen atoms in total. The summed E-state index contributed by atoms with van der Waals surface area (Å²) in [5.74, 6) is 0. The first kappa shape index (κ1) is 25.5. The molecule has 0 aliphatic heterocycles. The van der Waals surface area contributed by atoms with Crippen molar-refractivity contribution in [1.82, 2.24) is 0 Å². The SMILES string of the molecule is O=P(O)(O)OP(=O)(O)OP(=O)(O)OP(=O)(O)O.[Ni].[Ni]. The maximum Gasteiger partial charge on any atom is 0.490 e. The minimum atomic E-state index is -5.77. The summed E-state index contributed by atoms with van der Waals surface area (Å²) < 4.78 is 50.9. The van der Waals surface area contributed by atoms with Crippen molar-refractivity contribution in [3.63, 3.8) is 0 Å². The Morgan fingerprint density at radius 2 is 0.737 bits per heavy atom. The first-order valence-electron chi connectivity index (χ1n) is 3.03. The minimum absolute atomic E-state index is 0. The van der Waals surface area contributed by atoms with Crippen LogP contribution in [0, 0.1) is 0 Å². The van der Waals surface area contributed by atoms with Gasteiger partial charge in [-0.3, -0.25) is 0 Å². The van der Waals surface area contributed by atoms with Gasteiger partial charge in [0.05, 0.1) is 0 Å². The quantitative estimate of drug-likeness (QED) is 0.218. The third-order valence-electron chi connectivity index (χ3n) is 0.625. The van der Waals surface area contributed by atoms with E-state index in [2.05, 4.69) is 12.9 Å². The summed E-state index contributed by atoms with van der Waals surface area (Å²) in [6.45, 7) is 0. The van der Waals surface area contributed by atoms with E-state index in [1.807, 2.05) is 0 Å². The average Bonchev–Trinajstić information content (AvgIpc) is 1.65. The molecule has 0 aliphatic rings. The maximum atomic E-state index is 10.7. The molecular weight excluding hydrogens is 449 g/mol. The molecule has 0 radical (unpaired) electrons. The van der Waals surface area contributed by atoms with E-state index in [-0.39, 0.29) is 33.0 Å². The zero-order valence-corrected chi connectivity index (χ0v) is 13.5. The minimum Gasteiger partial charge on any atom is -0.302 e. The van der Waals surface area contributed by atoms with Crippen LogP contribution < -0.4 is 0 Å². The van der Waals surface area contributed by atoms with E-state index in [0.717, 1.165) is 0 Å². The van der Waals surface area contributed by atoms with E-state index in [9.17, 15) is 18.3 Å². The molecule has 0 fully saturated rings. The molecule has 2 unspecified atom stereocenters. The van der Waals surface area contributed by atoms with E-state index in [4.69, 9.17) is 29.4 Å². The largest absolute Gasteiger partial charge is 0.490 e. The molecule has 19 heavy (non-hydrogen) atoms. The van der Waals surface area contributed by atoms with Gasteiger partial charge in [0, 0.05) is 33.0 Å². The number of phosphoric acid groups is 4. The normalized spacial score (nSPS) is 18.4. The molecule has 0 saturated carbocycles. The summed E-state index contributed by atoms with van der Waals surface area (Å²) in [6.07, 6.45) is 0. The number of rotatable bonds is 6. The second-order valence-corrected chi connectivity index (χ2v) is 7.96. The van der Waals surface area contributed by atoms with Crippen LogP contribution in [0.5, 0.6) is 0 Å². The Labute approximate surface area is 125 Å². The van der Waals surface area contributed by atoms with Crippen molar-refractivity contribution in [2.75, 3.05) is 0 Å². The Balaban J connectivity index is -0.00000128. The van der Waals surface area contributed by atoms with E-state index in [0.29, 0.717) is 0 Å². The van der Waals surface area contributed by atoms with E-state index in [1.165, 1.54) is 0 Å². The maximum absolute atomic E-state index is 10.7. The van der Waals surface area contributed by atoms with Crippen molar-refractivity contribution in [3.05, 3.63) is 0 Å². The molecule has 6 N–H and O–H groups in total. The average molecular weight is 455 g/mol. The fraction of sp³-hybridized carbons (Fsp3) is 0. The van der Waals surface area contributed by atoms with Crippen molar-refractivity contribution in [1.29, 1.82) is 0 Å². The molecule has 0 aliphatic carbocycles. The molecule has 124 valence electrons. The van der Waals surface area contributed by atoms with Crippen molar-refractivity contribution in [2.45, 2.75) is 0 Å². The molecule has 2 atom stereocenters. The van der Waals surface area contributed by atoms with Crippen LogP contribution in [-0.2, 0) is 64.2 Å². The van der Waals surface area contributed by atoms with Gasteiger partial charge in [0.15, 0.2) is 0 Å². The van der Waals surface area contributed by atoms with Gasteiger partial charge in [0.25, 0.3) is 0 Å². The van der Waals surface area contributed by atoms with Crippen LogP contribution in [0.15, 0.2) is 0 Å². The molecular formula is H6Ni2O13P4. The summed E-state index contributed by atoms with van der Waals surface area (Å²) in [6, 6.07) is 0. The van der Waals surface area contributed by atoms with Crippen molar-refractivity contribution in [2.24, 2.45) is 0 Å². The van der Waals surface area contributed by atoms with Crippen molar-refractivity contribution < 1.29 is 93.5 Å². The van der Waals surface area contributed by atoms with Gasteiger partial charge >= 0.3 is 31.3 Å². The molecule has 0 heterocycles. The predicted octanol–water partition coefficient (Wildman–Crippen LogP) is -0.583. The summed E-state index contributed by atoms with van der Waals surface area (Å²) in [5, 5.41) is 0. The molecule has 0 bridgehead atoms. The zero-order valence-electron chi connectivity index (χ0n) is 7.96. The molecule has 19 heteroatoms. The van der Waals surface area contributed by atoms with Gasteiger partial charge in [-0.15, -0.1) is 0 Å². The Bertz CT molecular complexity index is 411. The Hall–Kier alpha value is 1.55. The smallest absolute Gasteiger partial charge is 0.302 e. The number of hydrogen-bond acceptors (Lipinski definition) is 7. The van der Waals surface area contributed by atoms with Gasteiger partial charge in [-0.25, -0.2) is 18.3 Å². The van der Waals surface area contributed by atoms with Gasteiger partial charge in [0.2, 0.25) is 0 Å². The van der Waals surface area contributed by atoms with Gasteiger partial charge in [-0.05, 0) is 0 Å². The van der Waals surface area contributed by atoms with Gasteiger partial charge in [0.1, 0.15) is 0 Å². The standard InChI is InChI=1S/2Ni.H6O13P4/c;;1-14(2,3)11-16(7,8)13-17(9,10)12-15(4,5)6/h;;(H,7,8)(H,9,10)(H2,1,2,3)(H2,4,5,6). The first-order valence-corrected chi connectivity index (χ1v) is 9.08. The molecule has 0 aromatic carbocycles. The first-order chi connectivity index (χ1) is 7.12. The topological polar surface area (TPSA) is 217 Å². The Morgan fingerprint density at radius 1 is 0.526 bits per heavy atom. The van der Waals surface area contributed by atoms with Crippen LogP contribution in [-0.4, -0.2) is 29.4 Å². The van der Waals surface area contributed by atoms with E-state index >= 15 is 0 Å². The predicted molar refractivity (Wildman–Crippen MR) is 47.0 cm³/mol. The summed E-state index contributed by atoms with van der Waals surface area (Å²) in [7, 11) is -22.6. The van der Waals surface area contributed by atoms with Crippen LogP contribution in [0.25, 0.3) is 0 Å². The zero-order chi connectivity index (χ0) is 14.1. The summed E-state index contributed by atoms with van der Waals surface area (Å²) in [5.41, 5.74) is 0. The second-order valence-electron chi connectivity index (χ2n) is 2.16. The third kappa shape index (κ3) is 15.8. The van der Waals surface area contributed by atoms with E-state index in [1.54, 1.807) is 0 Å². The molecule has 0 rings (SSSR count). The van der Waals surface area contributed by atoms with Crippen LogP contribution >= 0.6 is 31.3 Å². The fourth-order valence-corrected chi connectivity index (χ4v) is 4.40. The molecule has 0 aromatic heterocycles. The van der Waals surface area contributed by atoms with Crippen LogP contribution in [0.1, 0.15) is 0 Å². The van der Waals surface area contributed by atoms with E-state index < -0.39 is 31.3 Å². The van der Waals surface area contributed by atoms with Crippen molar-refractivity contribution >= 4 is 31.3 Å². The van der Waals surface area contributed by atoms with Crippen LogP contribution in [0.4, 0.5) is 0 Å².